The Labute approximate surface area is 106 Å². The summed E-state index contributed by atoms with van der Waals surface area (Å²) in [4.78, 5) is 0. The summed E-state index contributed by atoms with van der Waals surface area (Å²) in [5.41, 5.74) is 0.0179. The van der Waals surface area contributed by atoms with Gasteiger partial charge in [0.05, 0.1) is 12.7 Å². The summed E-state index contributed by atoms with van der Waals surface area (Å²) in [5, 5.41) is 2.94. The maximum atomic E-state index is 12.6. The fraction of sp³-hybridized carbons (Fsp3) is 0.455. The van der Waals surface area contributed by atoms with Crippen molar-refractivity contribution in [3.8, 4) is 5.75 Å². The van der Waals surface area contributed by atoms with Crippen LogP contribution in [0.1, 0.15) is 11.1 Å². The van der Waals surface area contributed by atoms with Crippen molar-refractivity contribution in [1.82, 2.24) is 5.32 Å². The molecule has 0 radical (unpaired) electrons. The Balaban J connectivity index is 3.16. The average molecular weight is 312 g/mol. The Hall–Kier alpha value is -0.750. The topological polar surface area (TPSA) is 21.3 Å². The summed E-state index contributed by atoms with van der Waals surface area (Å²) in [7, 11) is 3.15. The van der Waals surface area contributed by atoms with Gasteiger partial charge < -0.3 is 10.1 Å². The van der Waals surface area contributed by atoms with Crippen LogP contribution < -0.4 is 10.1 Å². The van der Waals surface area contributed by atoms with Crippen molar-refractivity contribution in [3.63, 3.8) is 0 Å². The van der Waals surface area contributed by atoms with Crippen molar-refractivity contribution >= 4 is 15.9 Å². The summed E-state index contributed by atoms with van der Waals surface area (Å²) in [6.45, 7) is 0.667. The van der Waals surface area contributed by atoms with Gasteiger partial charge in [0.1, 0.15) is 5.75 Å². The van der Waals surface area contributed by atoms with Crippen LogP contribution in [-0.2, 0) is 12.6 Å². The molecular weight excluding hydrogens is 299 g/mol. The monoisotopic (exact) mass is 311 g/mol. The van der Waals surface area contributed by atoms with Gasteiger partial charge in [-0.2, -0.15) is 13.2 Å². The van der Waals surface area contributed by atoms with Crippen molar-refractivity contribution in [2.45, 2.75) is 12.6 Å². The molecule has 17 heavy (non-hydrogen) atoms. The molecule has 0 aliphatic carbocycles. The lowest BCUT2D eigenvalue weighted by molar-refractivity contribution is -0.137. The van der Waals surface area contributed by atoms with Gasteiger partial charge in [0.2, 0.25) is 0 Å². The largest absolute Gasteiger partial charge is 0.496 e. The van der Waals surface area contributed by atoms with Gasteiger partial charge in [-0.25, -0.2) is 0 Å². The molecule has 0 atom stereocenters. The minimum Gasteiger partial charge on any atom is -0.496 e. The Bertz CT molecular complexity index is 393. The summed E-state index contributed by atoms with van der Waals surface area (Å²) >= 11 is 3.15. The average Bonchev–Trinajstić information content (AvgIpc) is 2.25. The van der Waals surface area contributed by atoms with E-state index < -0.39 is 11.7 Å². The summed E-state index contributed by atoms with van der Waals surface area (Å²) in [6, 6.07) is 2.10. The van der Waals surface area contributed by atoms with E-state index in [4.69, 9.17) is 4.74 Å². The summed E-state index contributed by atoms with van der Waals surface area (Å²) < 4.78 is 43.2. The predicted molar refractivity (Wildman–Crippen MR) is 63.3 cm³/mol. The second-order valence-electron chi connectivity index (χ2n) is 3.49. The third-order valence-corrected chi connectivity index (χ3v) is 3.03. The van der Waals surface area contributed by atoms with E-state index in [-0.39, 0.29) is 5.75 Å². The highest BCUT2D eigenvalue weighted by molar-refractivity contribution is 9.10. The quantitative estimate of drug-likeness (QED) is 0.921. The molecule has 0 aromatic heterocycles. The number of ether oxygens (including phenoxy) is 1. The predicted octanol–water partition coefficient (Wildman–Crippen LogP) is 3.24. The molecule has 0 bridgehead atoms. The number of likely N-dealkylation sites (N-methyl/N-ethyl adjacent to an activating group) is 1. The fourth-order valence-corrected chi connectivity index (χ4v) is 2.09. The van der Waals surface area contributed by atoms with Crippen LogP contribution in [0.3, 0.4) is 0 Å². The summed E-state index contributed by atoms with van der Waals surface area (Å²) in [6.07, 6.45) is -3.77. The lowest BCUT2D eigenvalue weighted by atomic mass is 10.1. The van der Waals surface area contributed by atoms with E-state index in [9.17, 15) is 13.2 Å². The first-order valence-corrected chi connectivity index (χ1v) is 5.77. The van der Waals surface area contributed by atoms with Gasteiger partial charge in [-0.1, -0.05) is 15.9 Å². The van der Waals surface area contributed by atoms with Crippen LogP contribution >= 0.6 is 15.9 Å². The molecule has 1 N–H and O–H groups in total. The number of methoxy groups -OCH3 is 1. The zero-order chi connectivity index (χ0) is 13.1. The number of hydrogen-bond donors (Lipinski definition) is 1. The van der Waals surface area contributed by atoms with Crippen LogP contribution in [-0.4, -0.2) is 20.7 Å². The van der Waals surface area contributed by atoms with Crippen LogP contribution in [0, 0.1) is 0 Å². The molecule has 0 fully saturated rings. The minimum absolute atomic E-state index is 0.252. The lowest BCUT2D eigenvalue weighted by Crippen LogP contribution is -2.12. The first-order valence-electron chi connectivity index (χ1n) is 4.98. The van der Waals surface area contributed by atoms with E-state index in [2.05, 4.69) is 21.2 Å². The Morgan fingerprint density at radius 3 is 2.47 bits per heavy atom. The first-order chi connectivity index (χ1) is 7.90. The van der Waals surface area contributed by atoms with Crippen LogP contribution in [0.15, 0.2) is 16.6 Å². The maximum absolute atomic E-state index is 12.6. The zero-order valence-electron chi connectivity index (χ0n) is 9.49. The molecule has 96 valence electrons. The fourth-order valence-electron chi connectivity index (χ4n) is 1.45. The number of rotatable bonds is 4. The van der Waals surface area contributed by atoms with Gasteiger partial charge in [0.25, 0.3) is 0 Å². The minimum atomic E-state index is -4.36. The van der Waals surface area contributed by atoms with E-state index >= 15 is 0 Å². The van der Waals surface area contributed by atoms with E-state index in [0.29, 0.717) is 17.4 Å². The number of benzene rings is 1. The Kier molecular flexibility index (Phi) is 4.82. The van der Waals surface area contributed by atoms with Crippen LogP contribution in [0.5, 0.6) is 5.75 Å². The Morgan fingerprint density at radius 2 is 2.00 bits per heavy atom. The highest BCUT2D eigenvalue weighted by Crippen LogP contribution is 2.37. The molecular formula is C11H13BrF3NO. The molecule has 0 unspecified atom stereocenters. The Morgan fingerprint density at radius 1 is 1.35 bits per heavy atom. The number of alkyl halides is 3. The molecule has 1 rings (SSSR count). The summed E-state index contributed by atoms with van der Waals surface area (Å²) in [5.74, 6) is 0.252. The molecule has 0 heterocycles. The van der Waals surface area contributed by atoms with Crippen molar-refractivity contribution in [2.24, 2.45) is 0 Å². The van der Waals surface area contributed by atoms with E-state index in [1.54, 1.807) is 7.05 Å². The van der Waals surface area contributed by atoms with Gasteiger partial charge in [-0.3, -0.25) is 0 Å². The van der Waals surface area contributed by atoms with Crippen molar-refractivity contribution in [3.05, 3.63) is 27.7 Å². The lowest BCUT2D eigenvalue weighted by Gasteiger charge is -2.14. The third kappa shape index (κ3) is 3.61. The number of hydrogen-bond acceptors (Lipinski definition) is 2. The van der Waals surface area contributed by atoms with E-state index in [0.717, 1.165) is 17.7 Å². The molecule has 2 nitrogen and oxygen atoms in total. The highest BCUT2D eigenvalue weighted by atomic mass is 79.9. The normalized spacial score (nSPS) is 11.6. The molecule has 0 spiro atoms. The van der Waals surface area contributed by atoms with Gasteiger partial charge in [0, 0.05) is 10.0 Å². The molecule has 0 aliphatic heterocycles. The molecule has 0 amide bonds. The highest BCUT2D eigenvalue weighted by Gasteiger charge is 2.32. The standard InChI is InChI=1S/C11H13BrF3NO/c1-16-4-3-8-9(12)5-7(11(13,14)15)6-10(8)17-2/h5-6,16H,3-4H2,1-2H3. The van der Waals surface area contributed by atoms with Crippen molar-refractivity contribution in [1.29, 1.82) is 0 Å². The maximum Gasteiger partial charge on any atom is 0.416 e. The molecule has 0 saturated heterocycles. The first kappa shape index (κ1) is 14.3. The van der Waals surface area contributed by atoms with Gasteiger partial charge in [-0.15, -0.1) is 0 Å². The van der Waals surface area contributed by atoms with Crippen molar-refractivity contribution in [2.75, 3.05) is 20.7 Å². The van der Waals surface area contributed by atoms with E-state index in [1.165, 1.54) is 7.11 Å². The molecule has 1 aromatic rings. The van der Waals surface area contributed by atoms with Crippen molar-refractivity contribution < 1.29 is 17.9 Å². The third-order valence-electron chi connectivity index (χ3n) is 2.33. The van der Waals surface area contributed by atoms with Crippen LogP contribution in [0.25, 0.3) is 0 Å². The molecule has 0 saturated carbocycles. The second-order valence-corrected chi connectivity index (χ2v) is 4.34. The molecule has 6 heteroatoms. The van der Waals surface area contributed by atoms with Gasteiger partial charge in [-0.05, 0) is 32.1 Å². The molecule has 0 aliphatic rings. The smallest absolute Gasteiger partial charge is 0.416 e. The van der Waals surface area contributed by atoms with Gasteiger partial charge >= 0.3 is 6.18 Å². The van der Waals surface area contributed by atoms with Crippen LogP contribution in [0.4, 0.5) is 13.2 Å². The number of halogens is 4. The van der Waals surface area contributed by atoms with E-state index in [1.807, 2.05) is 0 Å². The SMILES string of the molecule is CNCCc1c(Br)cc(C(F)(F)F)cc1OC. The number of nitrogens with one attached hydrogen (secondary N) is 1. The van der Waals surface area contributed by atoms with Crippen LogP contribution in [0.2, 0.25) is 0 Å². The second kappa shape index (κ2) is 5.73. The van der Waals surface area contributed by atoms with Gasteiger partial charge in [0.15, 0.2) is 0 Å². The molecule has 1 aromatic carbocycles. The zero-order valence-corrected chi connectivity index (χ0v) is 11.1.